The van der Waals surface area contributed by atoms with Gasteiger partial charge in [0.25, 0.3) is 5.91 Å². The Morgan fingerprint density at radius 3 is 2.70 bits per heavy atom. The fraction of sp³-hybridized carbons (Fsp3) is 0.143. The van der Waals surface area contributed by atoms with Gasteiger partial charge in [0.15, 0.2) is 0 Å². The third-order valence-electron chi connectivity index (χ3n) is 2.72. The highest BCUT2D eigenvalue weighted by molar-refractivity contribution is 7.12. The molecule has 0 unspecified atom stereocenters. The molecule has 2 aromatic rings. The second kappa shape index (κ2) is 6.07. The molecule has 0 aliphatic heterocycles. The van der Waals surface area contributed by atoms with Gasteiger partial charge in [-0.2, -0.15) is 0 Å². The molecule has 2 rings (SSSR count). The van der Waals surface area contributed by atoms with E-state index in [9.17, 15) is 9.59 Å². The first-order chi connectivity index (χ1) is 9.52. The SMILES string of the molecule is COC(=O)c1sccc1NC(=O)c1ccc(Cl)cc1C. The number of aryl methyl sites for hydroxylation is 1. The quantitative estimate of drug-likeness (QED) is 0.879. The van der Waals surface area contributed by atoms with Gasteiger partial charge < -0.3 is 10.1 Å². The first-order valence-corrected chi connectivity index (χ1v) is 7.02. The van der Waals surface area contributed by atoms with Crippen molar-refractivity contribution in [2.75, 3.05) is 12.4 Å². The average Bonchev–Trinajstić information content (AvgIpc) is 2.85. The molecule has 0 aliphatic carbocycles. The van der Waals surface area contributed by atoms with Gasteiger partial charge in [-0.1, -0.05) is 11.6 Å². The number of ether oxygens (including phenoxy) is 1. The number of hydrogen-bond acceptors (Lipinski definition) is 4. The fourth-order valence-electron chi connectivity index (χ4n) is 1.73. The maximum absolute atomic E-state index is 12.2. The highest BCUT2D eigenvalue weighted by Crippen LogP contribution is 2.24. The van der Waals surface area contributed by atoms with Crippen LogP contribution in [0.4, 0.5) is 5.69 Å². The Balaban J connectivity index is 2.24. The summed E-state index contributed by atoms with van der Waals surface area (Å²) in [4.78, 5) is 24.1. The van der Waals surface area contributed by atoms with E-state index in [4.69, 9.17) is 11.6 Å². The molecule has 0 aliphatic rings. The van der Waals surface area contributed by atoms with Gasteiger partial charge in [0, 0.05) is 10.6 Å². The standard InChI is InChI=1S/C14H12ClNO3S/c1-8-7-9(15)3-4-10(8)13(17)16-11-5-6-20-12(11)14(18)19-2/h3-7H,1-2H3,(H,16,17). The van der Waals surface area contributed by atoms with E-state index in [2.05, 4.69) is 10.1 Å². The van der Waals surface area contributed by atoms with Gasteiger partial charge in [-0.25, -0.2) is 4.79 Å². The minimum Gasteiger partial charge on any atom is -0.465 e. The van der Waals surface area contributed by atoms with Crippen LogP contribution >= 0.6 is 22.9 Å². The number of anilines is 1. The lowest BCUT2D eigenvalue weighted by Crippen LogP contribution is -2.15. The molecule has 0 saturated carbocycles. The lowest BCUT2D eigenvalue weighted by Gasteiger charge is -2.08. The fourth-order valence-corrected chi connectivity index (χ4v) is 2.72. The molecular weight excluding hydrogens is 298 g/mol. The van der Waals surface area contributed by atoms with Gasteiger partial charge in [-0.3, -0.25) is 4.79 Å². The molecule has 1 N–H and O–H groups in total. The van der Waals surface area contributed by atoms with Crippen molar-refractivity contribution in [1.29, 1.82) is 0 Å². The number of halogens is 1. The van der Waals surface area contributed by atoms with E-state index < -0.39 is 5.97 Å². The summed E-state index contributed by atoms with van der Waals surface area (Å²) in [7, 11) is 1.30. The number of benzene rings is 1. The normalized spacial score (nSPS) is 10.2. The Hall–Kier alpha value is -1.85. The molecule has 0 fully saturated rings. The molecule has 1 heterocycles. The van der Waals surface area contributed by atoms with Crippen LogP contribution in [0.5, 0.6) is 0 Å². The molecule has 6 heteroatoms. The van der Waals surface area contributed by atoms with Gasteiger partial charge in [-0.15, -0.1) is 11.3 Å². The van der Waals surface area contributed by atoms with Crippen LogP contribution in [0.1, 0.15) is 25.6 Å². The van der Waals surface area contributed by atoms with E-state index in [1.807, 2.05) is 0 Å². The van der Waals surface area contributed by atoms with Crippen molar-refractivity contribution in [3.63, 3.8) is 0 Å². The minimum atomic E-state index is -0.469. The van der Waals surface area contributed by atoms with E-state index >= 15 is 0 Å². The smallest absolute Gasteiger partial charge is 0.350 e. The first-order valence-electron chi connectivity index (χ1n) is 5.76. The van der Waals surface area contributed by atoms with Gasteiger partial charge in [0.05, 0.1) is 12.8 Å². The van der Waals surface area contributed by atoms with Crippen LogP contribution < -0.4 is 5.32 Å². The zero-order valence-corrected chi connectivity index (χ0v) is 12.5. The number of carbonyl (C=O) groups is 2. The number of thiophene rings is 1. The van der Waals surface area contributed by atoms with E-state index in [-0.39, 0.29) is 5.91 Å². The van der Waals surface area contributed by atoms with Crippen molar-refractivity contribution in [2.24, 2.45) is 0 Å². The molecule has 1 aromatic heterocycles. The second-order valence-corrected chi connectivity index (χ2v) is 5.42. The molecule has 0 bridgehead atoms. The monoisotopic (exact) mass is 309 g/mol. The Morgan fingerprint density at radius 2 is 2.05 bits per heavy atom. The van der Waals surface area contributed by atoms with Crippen molar-refractivity contribution >= 4 is 40.5 Å². The maximum atomic E-state index is 12.2. The van der Waals surface area contributed by atoms with Crippen molar-refractivity contribution in [3.05, 3.63) is 50.7 Å². The second-order valence-electron chi connectivity index (χ2n) is 4.07. The van der Waals surface area contributed by atoms with Crippen LogP contribution in [0.15, 0.2) is 29.6 Å². The van der Waals surface area contributed by atoms with Crippen LogP contribution in [0, 0.1) is 6.92 Å². The summed E-state index contributed by atoms with van der Waals surface area (Å²) in [5, 5.41) is 5.00. The number of nitrogens with one attached hydrogen (secondary N) is 1. The molecular formula is C14H12ClNO3S. The first kappa shape index (κ1) is 14.6. The summed E-state index contributed by atoms with van der Waals surface area (Å²) in [6.45, 7) is 1.80. The molecule has 0 radical (unpaired) electrons. The molecule has 20 heavy (non-hydrogen) atoms. The molecule has 1 aromatic carbocycles. The highest BCUT2D eigenvalue weighted by Gasteiger charge is 2.17. The number of esters is 1. The number of amides is 1. The minimum absolute atomic E-state index is 0.289. The lowest BCUT2D eigenvalue weighted by molar-refractivity contribution is 0.0607. The van der Waals surface area contributed by atoms with E-state index in [0.29, 0.717) is 21.2 Å². The largest absolute Gasteiger partial charge is 0.465 e. The van der Waals surface area contributed by atoms with Gasteiger partial charge in [0.2, 0.25) is 0 Å². The summed E-state index contributed by atoms with van der Waals surface area (Å²) >= 11 is 7.07. The maximum Gasteiger partial charge on any atom is 0.350 e. The summed E-state index contributed by atoms with van der Waals surface area (Å²) < 4.78 is 4.66. The molecule has 104 valence electrons. The lowest BCUT2D eigenvalue weighted by atomic mass is 10.1. The number of carbonyl (C=O) groups excluding carboxylic acids is 2. The van der Waals surface area contributed by atoms with Crippen LogP contribution in [0.3, 0.4) is 0 Å². The number of rotatable bonds is 3. The van der Waals surface area contributed by atoms with Crippen molar-refractivity contribution in [2.45, 2.75) is 6.92 Å². The number of methoxy groups -OCH3 is 1. The van der Waals surface area contributed by atoms with Gasteiger partial charge in [0.1, 0.15) is 4.88 Å². The molecule has 4 nitrogen and oxygen atoms in total. The van der Waals surface area contributed by atoms with Crippen LogP contribution in [-0.4, -0.2) is 19.0 Å². The topological polar surface area (TPSA) is 55.4 Å². The van der Waals surface area contributed by atoms with Crippen LogP contribution in [0.2, 0.25) is 5.02 Å². The third-order valence-corrected chi connectivity index (χ3v) is 3.85. The van der Waals surface area contributed by atoms with E-state index in [1.165, 1.54) is 18.4 Å². The van der Waals surface area contributed by atoms with Gasteiger partial charge in [-0.05, 0) is 42.1 Å². The molecule has 1 amide bonds. The zero-order valence-electron chi connectivity index (χ0n) is 10.9. The summed E-state index contributed by atoms with van der Waals surface area (Å²) in [5.41, 5.74) is 1.72. The van der Waals surface area contributed by atoms with Crippen molar-refractivity contribution in [1.82, 2.24) is 0 Å². The zero-order chi connectivity index (χ0) is 14.7. The predicted octanol–water partition coefficient (Wildman–Crippen LogP) is 3.75. The summed E-state index contributed by atoms with van der Waals surface area (Å²) in [5.74, 6) is -0.758. The van der Waals surface area contributed by atoms with E-state index in [0.717, 1.165) is 5.56 Å². The third kappa shape index (κ3) is 3.00. The Morgan fingerprint density at radius 1 is 1.30 bits per heavy atom. The van der Waals surface area contributed by atoms with Crippen molar-refractivity contribution < 1.29 is 14.3 Å². The number of hydrogen-bond donors (Lipinski definition) is 1. The Labute approximate surface area is 125 Å². The Bertz CT molecular complexity index is 666. The van der Waals surface area contributed by atoms with Crippen LogP contribution in [-0.2, 0) is 4.74 Å². The van der Waals surface area contributed by atoms with Crippen molar-refractivity contribution in [3.8, 4) is 0 Å². The molecule has 0 atom stereocenters. The van der Waals surface area contributed by atoms with Gasteiger partial charge >= 0.3 is 5.97 Å². The molecule has 0 spiro atoms. The summed E-state index contributed by atoms with van der Waals surface area (Å²) in [6.07, 6.45) is 0. The highest BCUT2D eigenvalue weighted by atomic mass is 35.5. The van der Waals surface area contributed by atoms with E-state index in [1.54, 1.807) is 36.6 Å². The predicted molar refractivity (Wildman–Crippen MR) is 79.8 cm³/mol. The summed E-state index contributed by atoms with van der Waals surface area (Å²) in [6, 6.07) is 6.68. The van der Waals surface area contributed by atoms with Crippen LogP contribution in [0.25, 0.3) is 0 Å². The Kier molecular flexibility index (Phi) is 4.42. The molecule has 0 saturated heterocycles. The average molecular weight is 310 g/mol.